The third kappa shape index (κ3) is 3.99. The average molecular weight is 354 g/mol. The molecule has 0 saturated heterocycles. The summed E-state index contributed by atoms with van der Waals surface area (Å²) in [7, 11) is 0. The van der Waals surface area contributed by atoms with Crippen LogP contribution < -0.4 is 10.9 Å². The second-order valence-electron chi connectivity index (χ2n) is 6.02. The molecule has 0 saturated carbocycles. The van der Waals surface area contributed by atoms with Crippen LogP contribution in [0, 0.1) is 0 Å². The van der Waals surface area contributed by atoms with Crippen LogP contribution in [0.1, 0.15) is 31.4 Å². The molecule has 3 aromatic rings. The highest BCUT2D eigenvalue weighted by atomic mass is 32.1. The molecule has 0 fully saturated rings. The van der Waals surface area contributed by atoms with Crippen LogP contribution in [0.4, 0.5) is 0 Å². The van der Waals surface area contributed by atoms with Crippen LogP contribution in [0.3, 0.4) is 0 Å². The first-order chi connectivity index (χ1) is 12.2. The van der Waals surface area contributed by atoms with Gasteiger partial charge in [-0.05, 0) is 37.0 Å². The van der Waals surface area contributed by atoms with Crippen molar-refractivity contribution in [1.29, 1.82) is 0 Å². The van der Waals surface area contributed by atoms with Crippen LogP contribution in [-0.4, -0.2) is 16.4 Å². The van der Waals surface area contributed by atoms with Crippen molar-refractivity contribution in [1.82, 2.24) is 9.27 Å². The van der Waals surface area contributed by atoms with Crippen molar-refractivity contribution < 1.29 is 4.79 Å². The van der Waals surface area contributed by atoms with E-state index >= 15 is 0 Å². The van der Waals surface area contributed by atoms with Crippen molar-refractivity contribution in [3.8, 4) is 0 Å². The summed E-state index contributed by atoms with van der Waals surface area (Å²) in [6.07, 6.45) is 2.41. The number of carbonyl (C=O) groups is 1. The van der Waals surface area contributed by atoms with E-state index in [9.17, 15) is 9.59 Å². The zero-order chi connectivity index (χ0) is 17.6. The maximum atomic E-state index is 12.6. The summed E-state index contributed by atoms with van der Waals surface area (Å²) >= 11 is 1.36. The quantitative estimate of drug-likeness (QED) is 0.657. The minimum atomic E-state index is -0.443. The standard InChI is InChI=1S/C20H22N2O2S/c1-2-17(22-20(24)16-12-6-7-13-18(16)25-22)19(23)21-14-8-11-15-9-4-3-5-10-15/h3-7,9-10,12-13,17H,2,8,11,14H2,1H3,(H,21,23). The molecule has 1 heterocycles. The molecule has 5 heteroatoms. The minimum Gasteiger partial charge on any atom is -0.354 e. The van der Waals surface area contributed by atoms with E-state index < -0.39 is 6.04 Å². The monoisotopic (exact) mass is 354 g/mol. The number of amides is 1. The van der Waals surface area contributed by atoms with Crippen LogP contribution in [0.15, 0.2) is 59.4 Å². The zero-order valence-corrected chi connectivity index (χ0v) is 15.1. The highest BCUT2D eigenvalue weighted by molar-refractivity contribution is 7.14. The summed E-state index contributed by atoms with van der Waals surface area (Å²) in [5.41, 5.74) is 1.19. The van der Waals surface area contributed by atoms with Crippen molar-refractivity contribution in [3.63, 3.8) is 0 Å². The largest absolute Gasteiger partial charge is 0.354 e. The fourth-order valence-corrected chi connectivity index (χ4v) is 4.08. The Bertz CT molecular complexity index is 899. The van der Waals surface area contributed by atoms with E-state index in [1.165, 1.54) is 17.1 Å². The predicted molar refractivity (Wildman–Crippen MR) is 103 cm³/mol. The second-order valence-corrected chi connectivity index (χ2v) is 7.04. The fraction of sp³-hybridized carbons (Fsp3) is 0.300. The highest BCUT2D eigenvalue weighted by Crippen LogP contribution is 2.21. The number of benzene rings is 2. The Hall–Kier alpha value is -2.40. The molecule has 2 aromatic carbocycles. The summed E-state index contributed by atoms with van der Waals surface area (Å²) in [6, 6.07) is 17.3. The molecule has 0 spiro atoms. The molecule has 0 radical (unpaired) electrons. The molecule has 25 heavy (non-hydrogen) atoms. The first-order valence-electron chi connectivity index (χ1n) is 8.63. The van der Waals surface area contributed by atoms with Crippen molar-refractivity contribution in [2.45, 2.75) is 32.2 Å². The van der Waals surface area contributed by atoms with E-state index in [0.29, 0.717) is 18.4 Å². The molecule has 0 aliphatic rings. The number of hydrogen-bond acceptors (Lipinski definition) is 3. The number of fused-ring (bicyclic) bond motifs is 1. The molecule has 130 valence electrons. The number of hydrogen-bond donors (Lipinski definition) is 1. The van der Waals surface area contributed by atoms with Crippen molar-refractivity contribution >= 4 is 27.5 Å². The fourth-order valence-electron chi connectivity index (χ4n) is 2.92. The summed E-state index contributed by atoms with van der Waals surface area (Å²) in [4.78, 5) is 25.1. The maximum absolute atomic E-state index is 12.6. The SMILES string of the molecule is CCC(C(=O)NCCCc1ccccc1)n1sc2ccccc2c1=O. The number of rotatable bonds is 7. The number of aryl methyl sites for hydroxylation is 1. The summed E-state index contributed by atoms with van der Waals surface area (Å²) in [5.74, 6) is -0.0794. The summed E-state index contributed by atoms with van der Waals surface area (Å²) < 4.78 is 2.53. The van der Waals surface area contributed by atoms with Crippen molar-refractivity contribution in [3.05, 3.63) is 70.5 Å². The molecule has 4 nitrogen and oxygen atoms in total. The lowest BCUT2D eigenvalue weighted by Gasteiger charge is -2.15. The van der Waals surface area contributed by atoms with E-state index in [4.69, 9.17) is 0 Å². The van der Waals surface area contributed by atoms with Gasteiger partial charge in [0.05, 0.1) is 10.1 Å². The highest BCUT2D eigenvalue weighted by Gasteiger charge is 2.22. The lowest BCUT2D eigenvalue weighted by atomic mass is 10.1. The van der Waals surface area contributed by atoms with Gasteiger partial charge in [-0.3, -0.25) is 13.5 Å². The molecule has 1 aromatic heterocycles. The van der Waals surface area contributed by atoms with E-state index in [2.05, 4.69) is 17.4 Å². The Balaban J connectivity index is 1.63. The Morgan fingerprint density at radius 1 is 1.12 bits per heavy atom. The maximum Gasteiger partial charge on any atom is 0.269 e. The van der Waals surface area contributed by atoms with Crippen LogP contribution in [0.25, 0.3) is 10.1 Å². The predicted octanol–water partition coefficient (Wildman–Crippen LogP) is 3.76. The van der Waals surface area contributed by atoms with Crippen molar-refractivity contribution in [2.75, 3.05) is 6.54 Å². The average Bonchev–Trinajstić information content (AvgIpc) is 2.97. The van der Waals surface area contributed by atoms with Crippen molar-refractivity contribution in [2.24, 2.45) is 0 Å². The molecule has 1 N–H and O–H groups in total. The smallest absolute Gasteiger partial charge is 0.269 e. The topological polar surface area (TPSA) is 51.1 Å². The third-order valence-electron chi connectivity index (χ3n) is 4.27. The van der Waals surface area contributed by atoms with Crippen LogP contribution in [-0.2, 0) is 11.2 Å². The molecular formula is C20H22N2O2S. The summed E-state index contributed by atoms with van der Waals surface area (Å²) in [6.45, 7) is 2.55. The van der Waals surface area contributed by atoms with Gasteiger partial charge in [0.15, 0.2) is 0 Å². The molecule has 1 atom stereocenters. The van der Waals surface area contributed by atoms with Crippen LogP contribution >= 0.6 is 11.5 Å². The van der Waals surface area contributed by atoms with E-state index in [1.807, 2.05) is 49.4 Å². The van der Waals surface area contributed by atoms with Gasteiger partial charge in [0, 0.05) is 6.54 Å². The van der Waals surface area contributed by atoms with Gasteiger partial charge >= 0.3 is 0 Å². The molecule has 3 rings (SSSR count). The van der Waals surface area contributed by atoms with Gasteiger partial charge < -0.3 is 5.32 Å². The Labute approximate surface area is 151 Å². The number of nitrogens with zero attached hydrogens (tertiary/aromatic N) is 1. The lowest BCUT2D eigenvalue weighted by Crippen LogP contribution is -2.35. The van der Waals surface area contributed by atoms with Crippen LogP contribution in [0.2, 0.25) is 0 Å². The molecule has 0 aliphatic heterocycles. The van der Waals surface area contributed by atoms with E-state index in [-0.39, 0.29) is 11.5 Å². The molecule has 1 amide bonds. The molecule has 0 bridgehead atoms. The number of aromatic nitrogens is 1. The zero-order valence-electron chi connectivity index (χ0n) is 14.3. The molecule has 1 unspecified atom stereocenters. The van der Waals surface area contributed by atoms with Gasteiger partial charge in [-0.2, -0.15) is 0 Å². The normalized spacial score (nSPS) is 12.2. The molecular weight excluding hydrogens is 332 g/mol. The van der Waals surface area contributed by atoms with Gasteiger partial charge in [-0.15, -0.1) is 0 Å². The van der Waals surface area contributed by atoms with E-state index in [1.54, 1.807) is 3.96 Å². The van der Waals surface area contributed by atoms with Gasteiger partial charge in [0.25, 0.3) is 5.56 Å². The van der Waals surface area contributed by atoms with Gasteiger partial charge in [-0.1, -0.05) is 60.9 Å². The van der Waals surface area contributed by atoms with E-state index in [0.717, 1.165) is 17.5 Å². The first-order valence-corrected chi connectivity index (χ1v) is 9.40. The Kier molecular flexibility index (Phi) is 5.66. The van der Waals surface area contributed by atoms with Gasteiger partial charge in [0.1, 0.15) is 6.04 Å². The number of nitrogens with one attached hydrogen (secondary N) is 1. The lowest BCUT2D eigenvalue weighted by molar-refractivity contribution is -0.124. The number of carbonyl (C=O) groups excluding carboxylic acids is 1. The molecule has 0 aliphatic carbocycles. The van der Waals surface area contributed by atoms with Gasteiger partial charge in [-0.25, -0.2) is 0 Å². The second kappa shape index (κ2) is 8.12. The Morgan fingerprint density at radius 3 is 2.56 bits per heavy atom. The summed E-state index contributed by atoms with van der Waals surface area (Å²) in [5, 5.41) is 3.67. The van der Waals surface area contributed by atoms with Crippen LogP contribution in [0.5, 0.6) is 0 Å². The van der Waals surface area contributed by atoms with Gasteiger partial charge in [0.2, 0.25) is 5.91 Å². The Morgan fingerprint density at radius 2 is 1.84 bits per heavy atom. The third-order valence-corrected chi connectivity index (χ3v) is 5.44. The first kappa shape index (κ1) is 17.4. The minimum absolute atomic E-state index is 0.0770.